The molecular weight excluding hydrogens is 747 g/mol. The first-order valence-corrected chi connectivity index (χ1v) is 22.0. The Morgan fingerprint density at radius 3 is 1.40 bits per heavy atom. The highest BCUT2D eigenvalue weighted by Gasteiger charge is 2.46. The van der Waals surface area contributed by atoms with Crippen molar-refractivity contribution in [2.24, 2.45) is 0 Å². The van der Waals surface area contributed by atoms with Gasteiger partial charge in [-0.1, -0.05) is 185 Å². The molecule has 0 aromatic heterocycles. The normalized spacial score (nSPS) is 15.2. The third kappa shape index (κ3) is 5.09. The van der Waals surface area contributed by atoms with E-state index >= 15 is 0 Å². The fraction of sp³-hybridized carbons (Fsp3) is 0.115. The van der Waals surface area contributed by atoms with Crippen LogP contribution in [0, 0.1) is 0 Å². The van der Waals surface area contributed by atoms with E-state index in [9.17, 15) is 0 Å². The summed E-state index contributed by atoms with van der Waals surface area (Å²) in [7, 11) is 0. The zero-order valence-electron chi connectivity index (χ0n) is 35.7. The first-order chi connectivity index (χ1) is 30.3. The van der Waals surface area contributed by atoms with E-state index in [1.165, 1.54) is 89.0 Å². The third-order valence-electron chi connectivity index (χ3n) is 14.5. The molecule has 0 saturated carbocycles. The molecule has 0 saturated heterocycles. The molecule has 12 rings (SSSR count). The van der Waals surface area contributed by atoms with Crippen molar-refractivity contribution in [3.05, 3.63) is 257 Å². The number of nitrogens with zero attached hydrogens (tertiary/aromatic N) is 1. The summed E-state index contributed by atoms with van der Waals surface area (Å²) in [6.07, 6.45) is 0. The summed E-state index contributed by atoms with van der Waals surface area (Å²) < 4.78 is 0. The molecule has 0 amide bonds. The molecule has 0 bridgehead atoms. The van der Waals surface area contributed by atoms with E-state index in [4.69, 9.17) is 0 Å². The summed E-state index contributed by atoms with van der Waals surface area (Å²) >= 11 is 0. The lowest BCUT2D eigenvalue weighted by atomic mass is 9.67. The van der Waals surface area contributed by atoms with Gasteiger partial charge in [0, 0.05) is 27.9 Å². The molecule has 0 fully saturated rings. The Balaban J connectivity index is 1.01. The molecular formula is C61H47N. The molecule has 0 heterocycles. The van der Waals surface area contributed by atoms with E-state index < -0.39 is 5.41 Å². The van der Waals surface area contributed by atoms with Gasteiger partial charge in [0.25, 0.3) is 0 Å². The van der Waals surface area contributed by atoms with Gasteiger partial charge in [0.05, 0.1) is 5.41 Å². The number of hydrogen-bond donors (Lipinski definition) is 0. The second-order valence-corrected chi connectivity index (χ2v) is 18.5. The van der Waals surface area contributed by atoms with Crippen LogP contribution in [-0.4, -0.2) is 0 Å². The van der Waals surface area contributed by atoms with Crippen LogP contribution in [0.1, 0.15) is 72.2 Å². The maximum Gasteiger partial charge on any atom is 0.0714 e. The van der Waals surface area contributed by atoms with E-state index in [0.29, 0.717) is 0 Å². The van der Waals surface area contributed by atoms with Crippen LogP contribution in [0.3, 0.4) is 0 Å². The van der Waals surface area contributed by atoms with Gasteiger partial charge in [-0.3, -0.25) is 0 Å². The largest absolute Gasteiger partial charge is 0.310 e. The van der Waals surface area contributed by atoms with Crippen LogP contribution in [0.25, 0.3) is 44.5 Å². The molecule has 62 heavy (non-hydrogen) atoms. The van der Waals surface area contributed by atoms with Gasteiger partial charge in [-0.05, 0) is 144 Å². The van der Waals surface area contributed by atoms with Crippen LogP contribution < -0.4 is 4.90 Å². The number of para-hydroxylation sites is 1. The standard InChI is InChI=1S/C61H47N/c1-59(2)53-29-16-14-28-48(53)51-38-57-52(39-56(51)59)50-36-41(31-34-54(50)60(57,3)4)40-19-18-26-45(35-40)62(44-24-12-7-13-25-44)46-32-33-49-47-27-15-17-30-55(47)61(58(49)37-46,42-20-8-5-9-21-42)43-22-10-6-11-23-43/h5-39H,1-4H3. The van der Waals surface area contributed by atoms with Crippen molar-refractivity contribution in [3.8, 4) is 44.5 Å². The monoisotopic (exact) mass is 793 g/mol. The quantitative estimate of drug-likeness (QED) is 0.162. The predicted molar refractivity (Wildman–Crippen MR) is 259 cm³/mol. The van der Waals surface area contributed by atoms with Crippen LogP contribution in [0.15, 0.2) is 212 Å². The van der Waals surface area contributed by atoms with Gasteiger partial charge >= 0.3 is 0 Å². The van der Waals surface area contributed by atoms with E-state index in [0.717, 1.165) is 17.1 Å². The predicted octanol–water partition coefficient (Wildman–Crippen LogP) is 15.8. The Labute approximate surface area is 365 Å². The van der Waals surface area contributed by atoms with Crippen molar-refractivity contribution in [2.45, 2.75) is 43.9 Å². The molecule has 1 nitrogen and oxygen atoms in total. The average molecular weight is 794 g/mol. The summed E-state index contributed by atoms with van der Waals surface area (Å²) in [5.74, 6) is 0. The molecule has 0 atom stereocenters. The van der Waals surface area contributed by atoms with Gasteiger partial charge in [0.1, 0.15) is 0 Å². The van der Waals surface area contributed by atoms with Gasteiger partial charge in [-0.15, -0.1) is 0 Å². The van der Waals surface area contributed by atoms with Crippen LogP contribution in [0.5, 0.6) is 0 Å². The Morgan fingerprint density at radius 2 is 0.742 bits per heavy atom. The summed E-state index contributed by atoms with van der Waals surface area (Å²) in [5.41, 5.74) is 24.0. The molecule has 0 N–H and O–H groups in total. The second-order valence-electron chi connectivity index (χ2n) is 18.5. The topological polar surface area (TPSA) is 3.24 Å². The van der Waals surface area contributed by atoms with Crippen molar-refractivity contribution >= 4 is 17.1 Å². The van der Waals surface area contributed by atoms with Crippen molar-refractivity contribution in [1.82, 2.24) is 0 Å². The van der Waals surface area contributed by atoms with Gasteiger partial charge < -0.3 is 4.90 Å². The maximum absolute atomic E-state index is 2.52. The van der Waals surface area contributed by atoms with Crippen LogP contribution >= 0.6 is 0 Å². The van der Waals surface area contributed by atoms with Crippen LogP contribution in [-0.2, 0) is 16.2 Å². The lowest BCUT2D eigenvalue weighted by Gasteiger charge is -2.35. The first kappa shape index (κ1) is 36.6. The highest BCUT2D eigenvalue weighted by Crippen LogP contribution is 2.59. The Morgan fingerprint density at radius 1 is 0.274 bits per heavy atom. The lowest BCUT2D eigenvalue weighted by Crippen LogP contribution is -2.28. The Hall–Kier alpha value is -7.22. The van der Waals surface area contributed by atoms with Gasteiger partial charge in [-0.2, -0.15) is 0 Å². The van der Waals surface area contributed by atoms with Gasteiger partial charge in [-0.25, -0.2) is 0 Å². The number of anilines is 3. The Kier molecular flexibility index (Phi) is 7.91. The minimum Gasteiger partial charge on any atom is -0.310 e. The molecule has 0 unspecified atom stereocenters. The van der Waals surface area contributed by atoms with Crippen molar-refractivity contribution in [2.75, 3.05) is 4.90 Å². The number of hydrogen-bond acceptors (Lipinski definition) is 1. The van der Waals surface area contributed by atoms with E-state index in [-0.39, 0.29) is 10.8 Å². The summed E-state index contributed by atoms with van der Waals surface area (Å²) in [6.45, 7) is 9.56. The van der Waals surface area contributed by atoms with Crippen LogP contribution in [0.4, 0.5) is 17.1 Å². The number of fused-ring (bicyclic) bond motifs is 9. The average Bonchev–Trinajstić information content (AvgIpc) is 3.83. The fourth-order valence-corrected chi connectivity index (χ4v) is 11.5. The van der Waals surface area contributed by atoms with Crippen molar-refractivity contribution in [3.63, 3.8) is 0 Å². The maximum atomic E-state index is 2.52. The van der Waals surface area contributed by atoms with Crippen LogP contribution in [0.2, 0.25) is 0 Å². The molecule has 3 aliphatic carbocycles. The summed E-state index contributed by atoms with van der Waals surface area (Å²) in [5, 5.41) is 0. The minimum absolute atomic E-state index is 0.0527. The summed E-state index contributed by atoms with van der Waals surface area (Å²) in [4.78, 5) is 2.43. The second kappa shape index (κ2) is 13.4. The number of rotatable bonds is 6. The zero-order chi connectivity index (χ0) is 41.8. The molecule has 0 radical (unpaired) electrons. The van der Waals surface area contributed by atoms with Crippen molar-refractivity contribution in [1.29, 1.82) is 0 Å². The molecule has 296 valence electrons. The lowest BCUT2D eigenvalue weighted by molar-refractivity contribution is 0.652. The minimum atomic E-state index is -0.485. The molecule has 9 aromatic carbocycles. The fourth-order valence-electron chi connectivity index (χ4n) is 11.5. The molecule has 3 aliphatic rings. The van der Waals surface area contributed by atoms with E-state index in [2.05, 4.69) is 245 Å². The third-order valence-corrected chi connectivity index (χ3v) is 14.5. The highest BCUT2D eigenvalue weighted by atomic mass is 15.1. The zero-order valence-corrected chi connectivity index (χ0v) is 35.7. The van der Waals surface area contributed by atoms with Gasteiger partial charge in [0.15, 0.2) is 0 Å². The molecule has 1 heteroatoms. The Bertz CT molecular complexity index is 3190. The van der Waals surface area contributed by atoms with Gasteiger partial charge in [0.2, 0.25) is 0 Å². The number of benzene rings is 9. The molecule has 0 spiro atoms. The smallest absolute Gasteiger partial charge is 0.0714 e. The molecule has 9 aromatic rings. The first-order valence-electron chi connectivity index (χ1n) is 22.0. The van der Waals surface area contributed by atoms with E-state index in [1.54, 1.807) is 0 Å². The SMILES string of the molecule is CC1(C)c2ccccc2-c2cc3c(cc21)-c1cc(-c2cccc(N(c4ccccc4)c4ccc5c(c4)C(c4ccccc4)(c4ccccc4)c4ccccc4-5)c2)ccc1C3(C)C. The van der Waals surface area contributed by atoms with Crippen molar-refractivity contribution < 1.29 is 0 Å². The molecule has 0 aliphatic heterocycles. The highest BCUT2D eigenvalue weighted by molar-refractivity contribution is 5.93. The van der Waals surface area contributed by atoms with E-state index in [1.807, 2.05) is 0 Å². The summed E-state index contributed by atoms with van der Waals surface area (Å²) in [6, 6.07) is 79.4.